The van der Waals surface area contributed by atoms with Crippen molar-refractivity contribution in [3.63, 3.8) is 0 Å². The molecule has 0 unspecified atom stereocenters. The Hall–Kier alpha value is -0.770. The average molecular weight is 287 g/mol. The highest BCUT2D eigenvalue weighted by Crippen LogP contribution is 2.21. The van der Waals surface area contributed by atoms with Crippen LogP contribution in [0, 0.1) is 0 Å². The van der Waals surface area contributed by atoms with E-state index in [9.17, 15) is 4.79 Å². The molecule has 0 radical (unpaired) electrons. The molecule has 2 rings (SSSR count). The quantitative estimate of drug-likeness (QED) is 0.923. The smallest absolute Gasteiger partial charge is 0.254 e. The minimum absolute atomic E-state index is 0.00718. The van der Waals surface area contributed by atoms with E-state index in [4.69, 9.17) is 23.2 Å². The molecule has 0 saturated carbocycles. The summed E-state index contributed by atoms with van der Waals surface area (Å²) in [5.74, 6) is 0.00718. The first-order chi connectivity index (χ1) is 8.61. The Labute approximate surface area is 117 Å². The van der Waals surface area contributed by atoms with Gasteiger partial charge in [0.05, 0.1) is 6.04 Å². The fourth-order valence-corrected chi connectivity index (χ4v) is 2.55. The third-order valence-corrected chi connectivity index (χ3v) is 3.47. The highest BCUT2D eigenvalue weighted by molar-refractivity contribution is 6.35. The van der Waals surface area contributed by atoms with Crippen molar-refractivity contribution in [1.29, 1.82) is 0 Å². The first kappa shape index (κ1) is 13.7. The molecule has 1 aliphatic rings. The molecule has 1 saturated heterocycles. The third-order valence-electron chi connectivity index (χ3n) is 3.04. The first-order valence-electron chi connectivity index (χ1n) is 6.09. The van der Waals surface area contributed by atoms with Crippen LogP contribution in [0.2, 0.25) is 10.0 Å². The molecule has 0 atom stereocenters. The number of rotatable bonds is 4. The van der Waals surface area contributed by atoms with Crippen LogP contribution in [0.5, 0.6) is 0 Å². The zero-order chi connectivity index (χ0) is 13.1. The van der Waals surface area contributed by atoms with Crippen LogP contribution in [0.25, 0.3) is 0 Å². The molecule has 1 fully saturated rings. The van der Waals surface area contributed by atoms with E-state index in [0.717, 1.165) is 26.1 Å². The van der Waals surface area contributed by atoms with Crippen LogP contribution >= 0.6 is 23.2 Å². The summed E-state index contributed by atoms with van der Waals surface area (Å²) in [6.07, 6.45) is 0.941. The molecule has 1 aromatic carbocycles. The molecule has 18 heavy (non-hydrogen) atoms. The van der Waals surface area contributed by atoms with E-state index < -0.39 is 0 Å². The Bertz CT molecular complexity index is 426. The Morgan fingerprint density at radius 3 is 2.39 bits per heavy atom. The number of amides is 1. The van der Waals surface area contributed by atoms with Gasteiger partial charge < -0.3 is 10.2 Å². The predicted octanol–water partition coefficient (Wildman–Crippen LogP) is 2.82. The van der Waals surface area contributed by atoms with Crippen molar-refractivity contribution in [3.05, 3.63) is 33.8 Å². The molecule has 5 heteroatoms. The molecule has 0 spiro atoms. The second-order valence-electron chi connectivity index (χ2n) is 4.47. The second-order valence-corrected chi connectivity index (χ2v) is 5.34. The topological polar surface area (TPSA) is 32.3 Å². The molecule has 1 N–H and O–H groups in total. The monoisotopic (exact) mass is 286 g/mol. The van der Waals surface area contributed by atoms with Gasteiger partial charge in [-0.2, -0.15) is 0 Å². The minimum atomic E-state index is 0.00718. The number of carbonyl (C=O) groups excluding carboxylic acids is 1. The highest BCUT2D eigenvalue weighted by atomic mass is 35.5. The van der Waals surface area contributed by atoms with Gasteiger partial charge in [0.15, 0.2) is 0 Å². The summed E-state index contributed by atoms with van der Waals surface area (Å²) in [6.45, 7) is 4.55. The number of nitrogens with one attached hydrogen (secondary N) is 1. The maximum atomic E-state index is 12.5. The van der Waals surface area contributed by atoms with Gasteiger partial charge >= 0.3 is 0 Å². The Balaban J connectivity index is 2.21. The van der Waals surface area contributed by atoms with Crippen molar-refractivity contribution in [2.24, 2.45) is 0 Å². The van der Waals surface area contributed by atoms with Crippen LogP contribution in [0.15, 0.2) is 18.2 Å². The molecule has 98 valence electrons. The summed E-state index contributed by atoms with van der Waals surface area (Å²) < 4.78 is 0. The van der Waals surface area contributed by atoms with Crippen LogP contribution in [0.4, 0.5) is 0 Å². The van der Waals surface area contributed by atoms with Crippen molar-refractivity contribution < 1.29 is 4.79 Å². The van der Waals surface area contributed by atoms with E-state index in [1.54, 1.807) is 18.2 Å². The van der Waals surface area contributed by atoms with Crippen molar-refractivity contribution in [3.8, 4) is 0 Å². The van der Waals surface area contributed by atoms with Gasteiger partial charge in [-0.3, -0.25) is 4.79 Å². The zero-order valence-electron chi connectivity index (χ0n) is 10.2. The van der Waals surface area contributed by atoms with Gasteiger partial charge in [-0.05, 0) is 24.6 Å². The van der Waals surface area contributed by atoms with Crippen LogP contribution in [-0.4, -0.2) is 36.5 Å². The van der Waals surface area contributed by atoms with Gasteiger partial charge in [-0.1, -0.05) is 30.1 Å². The predicted molar refractivity (Wildman–Crippen MR) is 74.4 cm³/mol. The highest BCUT2D eigenvalue weighted by Gasteiger charge is 2.28. The number of hydrogen-bond donors (Lipinski definition) is 1. The number of nitrogens with zero attached hydrogens (tertiary/aromatic N) is 1. The maximum absolute atomic E-state index is 12.5. The van der Waals surface area contributed by atoms with Crippen molar-refractivity contribution in [2.75, 3.05) is 19.6 Å². The lowest BCUT2D eigenvalue weighted by Crippen LogP contribution is -2.59. The summed E-state index contributed by atoms with van der Waals surface area (Å²) in [5, 5.41) is 4.17. The largest absolute Gasteiger partial charge is 0.333 e. The molecular formula is C13H16Cl2N2O. The normalized spacial score (nSPS) is 15.3. The zero-order valence-corrected chi connectivity index (χ0v) is 11.8. The molecule has 0 aliphatic carbocycles. The molecule has 0 bridgehead atoms. The standard InChI is InChI=1S/C13H16Cl2N2O/c1-2-3-17(12-7-16-8-12)13(18)9-4-10(14)6-11(15)5-9/h4-6,12,16H,2-3,7-8H2,1H3. The first-order valence-corrected chi connectivity index (χ1v) is 6.85. The van der Waals surface area contributed by atoms with E-state index in [-0.39, 0.29) is 11.9 Å². The van der Waals surface area contributed by atoms with E-state index >= 15 is 0 Å². The second kappa shape index (κ2) is 5.91. The van der Waals surface area contributed by atoms with Crippen molar-refractivity contribution in [1.82, 2.24) is 10.2 Å². The van der Waals surface area contributed by atoms with E-state index in [2.05, 4.69) is 12.2 Å². The summed E-state index contributed by atoms with van der Waals surface area (Å²) in [6, 6.07) is 5.26. The lowest BCUT2D eigenvalue weighted by atomic mass is 10.1. The summed E-state index contributed by atoms with van der Waals surface area (Å²) in [4.78, 5) is 14.4. The van der Waals surface area contributed by atoms with Gasteiger partial charge in [0.1, 0.15) is 0 Å². The molecule has 3 nitrogen and oxygen atoms in total. The van der Waals surface area contributed by atoms with Gasteiger partial charge in [0.25, 0.3) is 5.91 Å². The number of hydrogen-bond acceptors (Lipinski definition) is 2. The minimum Gasteiger partial charge on any atom is -0.333 e. The molecule has 1 heterocycles. The SMILES string of the molecule is CCCN(C(=O)c1cc(Cl)cc(Cl)c1)C1CNC1. The van der Waals surface area contributed by atoms with Gasteiger partial charge in [0.2, 0.25) is 0 Å². The lowest BCUT2D eigenvalue weighted by Gasteiger charge is -2.38. The van der Waals surface area contributed by atoms with Crippen molar-refractivity contribution in [2.45, 2.75) is 19.4 Å². The summed E-state index contributed by atoms with van der Waals surface area (Å²) in [7, 11) is 0. The van der Waals surface area contributed by atoms with Crippen molar-refractivity contribution >= 4 is 29.1 Å². The molecule has 0 aromatic heterocycles. The van der Waals surface area contributed by atoms with Crippen LogP contribution in [-0.2, 0) is 0 Å². The fourth-order valence-electron chi connectivity index (χ4n) is 2.03. The Morgan fingerprint density at radius 1 is 1.33 bits per heavy atom. The Morgan fingerprint density at radius 2 is 1.94 bits per heavy atom. The van der Waals surface area contributed by atoms with E-state index in [1.807, 2.05) is 4.90 Å². The average Bonchev–Trinajstić information content (AvgIpc) is 2.23. The summed E-state index contributed by atoms with van der Waals surface area (Å²) in [5.41, 5.74) is 0.563. The molecule has 1 amide bonds. The fraction of sp³-hybridized carbons (Fsp3) is 0.462. The van der Waals surface area contributed by atoms with Gasteiger partial charge in [-0.15, -0.1) is 0 Å². The maximum Gasteiger partial charge on any atom is 0.254 e. The number of carbonyl (C=O) groups is 1. The van der Waals surface area contributed by atoms with Crippen LogP contribution in [0.3, 0.4) is 0 Å². The molecule has 1 aromatic rings. The lowest BCUT2D eigenvalue weighted by molar-refractivity contribution is 0.0616. The van der Waals surface area contributed by atoms with E-state index in [1.165, 1.54) is 0 Å². The van der Waals surface area contributed by atoms with Crippen LogP contribution in [0.1, 0.15) is 23.7 Å². The third kappa shape index (κ3) is 2.97. The Kier molecular flexibility index (Phi) is 4.49. The van der Waals surface area contributed by atoms with Gasteiger partial charge in [-0.25, -0.2) is 0 Å². The molecule has 1 aliphatic heterocycles. The van der Waals surface area contributed by atoms with Crippen LogP contribution < -0.4 is 5.32 Å². The number of halogens is 2. The summed E-state index contributed by atoms with van der Waals surface area (Å²) >= 11 is 11.9. The van der Waals surface area contributed by atoms with Gasteiger partial charge in [0, 0.05) is 35.2 Å². The van der Waals surface area contributed by atoms with E-state index in [0.29, 0.717) is 15.6 Å². The number of benzene rings is 1. The molecular weight excluding hydrogens is 271 g/mol.